The zero-order valence-corrected chi connectivity index (χ0v) is 10.8. The van der Waals surface area contributed by atoms with Crippen molar-refractivity contribution < 1.29 is 4.79 Å². The van der Waals surface area contributed by atoms with Crippen LogP contribution in [0.3, 0.4) is 0 Å². The molecule has 1 heterocycles. The predicted molar refractivity (Wildman–Crippen MR) is 72.0 cm³/mol. The summed E-state index contributed by atoms with van der Waals surface area (Å²) in [6, 6.07) is 5.76. The molecule has 1 amide bonds. The van der Waals surface area contributed by atoms with Crippen LogP contribution in [0.1, 0.15) is 32.6 Å². The third-order valence-corrected chi connectivity index (χ3v) is 3.80. The Morgan fingerprint density at radius 1 is 1.39 bits per heavy atom. The molecule has 0 aliphatic heterocycles. The van der Waals surface area contributed by atoms with Gasteiger partial charge >= 0.3 is 0 Å². The minimum absolute atomic E-state index is 0.0943. The number of carbonyl (C=O) groups excluding carboxylic acids is 1. The molecule has 3 N–H and O–H groups in total. The molecule has 1 saturated carbocycles. The van der Waals surface area contributed by atoms with Crippen LogP contribution in [0.25, 0.3) is 0 Å². The molecule has 4 nitrogen and oxygen atoms in total. The average molecular weight is 247 g/mol. The largest absolute Gasteiger partial charge is 0.328 e. The summed E-state index contributed by atoms with van der Waals surface area (Å²) < 4.78 is 0. The highest BCUT2D eigenvalue weighted by molar-refractivity contribution is 5.91. The summed E-state index contributed by atoms with van der Waals surface area (Å²) in [5.74, 6) is 1.42. The van der Waals surface area contributed by atoms with Crippen molar-refractivity contribution in [2.75, 3.05) is 5.32 Å². The van der Waals surface area contributed by atoms with Crippen molar-refractivity contribution in [1.82, 2.24) is 4.98 Å². The zero-order chi connectivity index (χ0) is 13.0. The Kier molecular flexibility index (Phi) is 4.31. The number of carbonyl (C=O) groups is 1. The average Bonchev–Trinajstić information content (AvgIpc) is 2.40. The maximum atomic E-state index is 12.1. The fraction of sp³-hybridized carbons (Fsp3) is 0.571. The van der Waals surface area contributed by atoms with E-state index < -0.39 is 0 Å². The van der Waals surface area contributed by atoms with Gasteiger partial charge in [-0.25, -0.2) is 4.98 Å². The molecule has 98 valence electrons. The van der Waals surface area contributed by atoms with Crippen molar-refractivity contribution in [3.8, 4) is 0 Å². The topological polar surface area (TPSA) is 68.0 Å². The Balaban J connectivity index is 1.85. The van der Waals surface area contributed by atoms with Crippen LogP contribution in [0, 0.1) is 11.8 Å². The molecule has 0 saturated heterocycles. The number of aromatic nitrogens is 1. The molecule has 0 bridgehead atoms. The Hall–Kier alpha value is -1.42. The lowest BCUT2D eigenvalue weighted by atomic mass is 9.79. The van der Waals surface area contributed by atoms with Gasteiger partial charge in [-0.3, -0.25) is 4.79 Å². The van der Waals surface area contributed by atoms with E-state index in [4.69, 9.17) is 5.73 Å². The van der Waals surface area contributed by atoms with Gasteiger partial charge in [-0.15, -0.1) is 0 Å². The van der Waals surface area contributed by atoms with Gasteiger partial charge in [-0.2, -0.15) is 0 Å². The van der Waals surface area contributed by atoms with E-state index in [1.165, 1.54) is 0 Å². The maximum Gasteiger partial charge on any atom is 0.228 e. The van der Waals surface area contributed by atoms with Crippen molar-refractivity contribution in [2.45, 2.75) is 38.6 Å². The number of rotatable bonds is 3. The van der Waals surface area contributed by atoms with Gasteiger partial charge in [0.2, 0.25) is 5.91 Å². The van der Waals surface area contributed by atoms with Crippen LogP contribution in [0.5, 0.6) is 0 Å². The first-order valence-electron chi connectivity index (χ1n) is 6.64. The molecule has 0 radical (unpaired) electrons. The van der Waals surface area contributed by atoms with Crippen molar-refractivity contribution in [2.24, 2.45) is 17.6 Å². The second-order valence-corrected chi connectivity index (χ2v) is 5.18. The van der Waals surface area contributed by atoms with Crippen LogP contribution in [0.2, 0.25) is 0 Å². The second kappa shape index (κ2) is 5.96. The molecule has 18 heavy (non-hydrogen) atoms. The molecule has 1 atom stereocenters. The zero-order valence-electron chi connectivity index (χ0n) is 10.8. The minimum Gasteiger partial charge on any atom is -0.328 e. The minimum atomic E-state index is 0.0943. The highest BCUT2D eigenvalue weighted by Gasteiger charge is 2.27. The van der Waals surface area contributed by atoms with Crippen molar-refractivity contribution in [3.63, 3.8) is 0 Å². The van der Waals surface area contributed by atoms with Crippen LogP contribution < -0.4 is 11.1 Å². The molecular weight excluding hydrogens is 226 g/mol. The summed E-state index contributed by atoms with van der Waals surface area (Å²) >= 11 is 0. The van der Waals surface area contributed by atoms with Crippen LogP contribution in [0.15, 0.2) is 24.4 Å². The van der Waals surface area contributed by atoms with Gasteiger partial charge in [0.1, 0.15) is 5.82 Å². The van der Waals surface area contributed by atoms with E-state index in [-0.39, 0.29) is 17.9 Å². The highest BCUT2D eigenvalue weighted by Crippen LogP contribution is 2.30. The number of amides is 1. The highest BCUT2D eigenvalue weighted by atomic mass is 16.1. The lowest BCUT2D eigenvalue weighted by molar-refractivity contribution is -0.121. The van der Waals surface area contributed by atoms with Crippen LogP contribution in [0.4, 0.5) is 5.82 Å². The van der Waals surface area contributed by atoms with E-state index in [9.17, 15) is 4.79 Å². The summed E-state index contributed by atoms with van der Waals surface area (Å²) in [6.07, 6.45) is 5.66. The first-order valence-corrected chi connectivity index (χ1v) is 6.64. The molecular formula is C14H21N3O. The van der Waals surface area contributed by atoms with Crippen LogP contribution in [-0.4, -0.2) is 16.9 Å². The van der Waals surface area contributed by atoms with Crippen molar-refractivity contribution in [1.29, 1.82) is 0 Å². The van der Waals surface area contributed by atoms with Gasteiger partial charge < -0.3 is 11.1 Å². The van der Waals surface area contributed by atoms with Gasteiger partial charge in [-0.05, 0) is 50.7 Å². The van der Waals surface area contributed by atoms with E-state index in [0.717, 1.165) is 25.7 Å². The standard InChI is InChI=1S/C14H21N3O/c1-10(15)11-5-7-12(8-6-11)14(18)17-13-4-2-3-9-16-13/h2-4,9-12H,5-8,15H2,1H3,(H,16,17,18)/t10?,11-,12-. The Morgan fingerprint density at radius 2 is 2.11 bits per heavy atom. The van der Waals surface area contributed by atoms with E-state index in [1.807, 2.05) is 18.2 Å². The first-order chi connectivity index (χ1) is 8.66. The lowest BCUT2D eigenvalue weighted by Crippen LogP contribution is -2.33. The molecule has 1 fully saturated rings. The third-order valence-electron chi connectivity index (χ3n) is 3.80. The van der Waals surface area contributed by atoms with Gasteiger partial charge in [0.15, 0.2) is 0 Å². The molecule has 1 aliphatic rings. The van der Waals surface area contributed by atoms with E-state index in [2.05, 4.69) is 17.2 Å². The normalized spacial score (nSPS) is 25.4. The maximum absolute atomic E-state index is 12.1. The molecule has 1 unspecified atom stereocenters. The van der Waals surface area contributed by atoms with Gasteiger partial charge in [0, 0.05) is 18.2 Å². The Bertz CT molecular complexity index is 383. The summed E-state index contributed by atoms with van der Waals surface area (Å²) in [7, 11) is 0. The lowest BCUT2D eigenvalue weighted by Gasteiger charge is -2.29. The summed E-state index contributed by atoms with van der Waals surface area (Å²) in [5.41, 5.74) is 5.90. The third kappa shape index (κ3) is 3.29. The summed E-state index contributed by atoms with van der Waals surface area (Å²) in [4.78, 5) is 16.2. The quantitative estimate of drug-likeness (QED) is 0.860. The SMILES string of the molecule is CC(N)[C@H]1CC[C@H](C(=O)Nc2ccccn2)CC1. The number of hydrogen-bond acceptors (Lipinski definition) is 3. The van der Waals surface area contributed by atoms with E-state index >= 15 is 0 Å². The number of pyridine rings is 1. The summed E-state index contributed by atoms with van der Waals surface area (Å²) in [5, 5.41) is 2.87. The molecule has 2 rings (SSSR count). The Labute approximate surface area is 108 Å². The Morgan fingerprint density at radius 3 is 2.67 bits per heavy atom. The molecule has 1 aliphatic carbocycles. The molecule has 4 heteroatoms. The molecule has 1 aromatic heterocycles. The molecule has 1 aromatic rings. The van der Waals surface area contributed by atoms with Gasteiger partial charge in [0.05, 0.1) is 0 Å². The van der Waals surface area contributed by atoms with E-state index in [0.29, 0.717) is 11.7 Å². The first kappa shape index (κ1) is 13.0. The van der Waals surface area contributed by atoms with Gasteiger partial charge in [0.25, 0.3) is 0 Å². The van der Waals surface area contributed by atoms with Crippen molar-refractivity contribution >= 4 is 11.7 Å². The van der Waals surface area contributed by atoms with E-state index in [1.54, 1.807) is 6.20 Å². The fourth-order valence-electron chi connectivity index (χ4n) is 2.57. The van der Waals surface area contributed by atoms with Gasteiger partial charge in [-0.1, -0.05) is 6.07 Å². The van der Waals surface area contributed by atoms with Crippen LogP contribution in [-0.2, 0) is 4.79 Å². The van der Waals surface area contributed by atoms with Crippen molar-refractivity contribution in [3.05, 3.63) is 24.4 Å². The monoisotopic (exact) mass is 247 g/mol. The number of nitrogens with two attached hydrogens (primary N) is 1. The van der Waals surface area contributed by atoms with Crippen LogP contribution >= 0.6 is 0 Å². The number of nitrogens with zero attached hydrogens (tertiary/aromatic N) is 1. The predicted octanol–water partition coefficient (Wildman–Crippen LogP) is 2.17. The number of nitrogens with one attached hydrogen (secondary N) is 1. The molecule has 0 aromatic carbocycles. The molecule has 0 spiro atoms. The number of hydrogen-bond donors (Lipinski definition) is 2. The second-order valence-electron chi connectivity index (χ2n) is 5.18. The fourth-order valence-corrected chi connectivity index (χ4v) is 2.57. The summed E-state index contributed by atoms with van der Waals surface area (Å²) in [6.45, 7) is 2.05. The smallest absolute Gasteiger partial charge is 0.228 e. The number of anilines is 1.